The molecular weight excluding hydrogens is 456 g/mol. The van der Waals surface area contributed by atoms with Crippen molar-refractivity contribution in [3.8, 4) is 0 Å². The molecule has 0 aliphatic heterocycles. The van der Waals surface area contributed by atoms with Gasteiger partial charge in [0.05, 0.1) is 19.3 Å². The zero-order valence-corrected chi connectivity index (χ0v) is 26.2. The van der Waals surface area contributed by atoms with Gasteiger partial charge in [-0.25, -0.2) is 0 Å². The Labute approximate surface area is 234 Å². The minimum atomic E-state index is 0.0763. The van der Waals surface area contributed by atoms with E-state index in [4.69, 9.17) is 14.2 Å². The van der Waals surface area contributed by atoms with Crippen LogP contribution in [0.1, 0.15) is 182 Å². The summed E-state index contributed by atoms with van der Waals surface area (Å²) in [6.45, 7) is 11.8. The molecule has 0 aromatic rings. The first-order chi connectivity index (χ1) is 18.2. The van der Waals surface area contributed by atoms with Crippen molar-refractivity contribution in [3.05, 3.63) is 0 Å². The van der Waals surface area contributed by atoms with Gasteiger partial charge >= 0.3 is 0 Å². The van der Waals surface area contributed by atoms with Gasteiger partial charge in [0.25, 0.3) is 0 Å². The first kappa shape index (κ1) is 36.9. The average molecular weight is 527 g/mol. The molecule has 0 radical (unpaired) electrons. The summed E-state index contributed by atoms with van der Waals surface area (Å²) in [5.41, 5.74) is 0. The van der Waals surface area contributed by atoms with Gasteiger partial charge in [-0.15, -0.1) is 0 Å². The molecule has 0 N–H and O–H groups in total. The third-order valence-electron chi connectivity index (χ3n) is 7.41. The highest BCUT2D eigenvalue weighted by atomic mass is 16.6. The average Bonchev–Trinajstić information content (AvgIpc) is 2.89. The van der Waals surface area contributed by atoms with Crippen molar-refractivity contribution in [1.82, 2.24) is 0 Å². The van der Waals surface area contributed by atoms with Crippen LogP contribution in [-0.4, -0.2) is 38.6 Å². The molecule has 0 aliphatic rings. The molecule has 0 fully saturated rings. The van der Waals surface area contributed by atoms with Gasteiger partial charge in [0.2, 0.25) is 0 Å². The predicted molar refractivity (Wildman–Crippen MR) is 164 cm³/mol. The van der Waals surface area contributed by atoms with Crippen LogP contribution in [0.3, 0.4) is 0 Å². The predicted octanol–water partition coefficient (Wildman–Crippen LogP) is 11.2. The molecule has 1 atom stereocenters. The lowest BCUT2D eigenvalue weighted by atomic mass is 10.1. The summed E-state index contributed by atoms with van der Waals surface area (Å²) in [5, 5.41) is 0. The standard InChI is InChI=1S/C34H70O3/c1-5-7-9-11-13-15-17-19-21-23-25-27-29-35-31-34(32-37-33(3)4)36-30-28-26-24-22-20-18-16-14-12-10-8-6-2/h33-34H,5-32H2,1-4H3. The molecule has 3 nitrogen and oxygen atoms in total. The van der Waals surface area contributed by atoms with Crippen LogP contribution in [0, 0.1) is 0 Å². The van der Waals surface area contributed by atoms with Crippen molar-refractivity contribution in [2.24, 2.45) is 0 Å². The Morgan fingerprint density at radius 2 is 0.730 bits per heavy atom. The normalized spacial score (nSPS) is 12.6. The number of ether oxygens (including phenoxy) is 3. The highest BCUT2D eigenvalue weighted by Crippen LogP contribution is 2.13. The largest absolute Gasteiger partial charge is 0.379 e. The Balaban J connectivity index is 3.57. The smallest absolute Gasteiger partial charge is 0.104 e. The van der Waals surface area contributed by atoms with Crippen molar-refractivity contribution in [2.45, 2.75) is 194 Å². The van der Waals surface area contributed by atoms with Gasteiger partial charge in [-0.3, -0.25) is 0 Å². The highest BCUT2D eigenvalue weighted by Gasteiger charge is 2.11. The maximum absolute atomic E-state index is 6.15. The zero-order valence-electron chi connectivity index (χ0n) is 26.2. The second-order valence-electron chi connectivity index (χ2n) is 11.7. The van der Waals surface area contributed by atoms with Crippen molar-refractivity contribution in [3.63, 3.8) is 0 Å². The molecule has 0 heterocycles. The monoisotopic (exact) mass is 527 g/mol. The molecule has 0 saturated heterocycles. The van der Waals surface area contributed by atoms with Gasteiger partial charge in [-0.05, 0) is 26.7 Å². The Kier molecular flexibility index (Phi) is 32.0. The Hall–Kier alpha value is -0.120. The quantitative estimate of drug-likeness (QED) is 0.0816. The summed E-state index contributed by atoms with van der Waals surface area (Å²) in [5.74, 6) is 0. The molecule has 0 bridgehead atoms. The van der Waals surface area contributed by atoms with Crippen LogP contribution in [0.15, 0.2) is 0 Å². The van der Waals surface area contributed by atoms with Gasteiger partial charge in [0.1, 0.15) is 6.10 Å². The third kappa shape index (κ3) is 32.0. The molecule has 0 aromatic carbocycles. The first-order valence-corrected chi connectivity index (χ1v) is 17.0. The van der Waals surface area contributed by atoms with E-state index in [0.29, 0.717) is 13.2 Å². The summed E-state index contributed by atoms with van der Waals surface area (Å²) in [6, 6.07) is 0. The summed E-state index contributed by atoms with van der Waals surface area (Å²) >= 11 is 0. The summed E-state index contributed by atoms with van der Waals surface area (Å²) in [7, 11) is 0. The number of hydrogen-bond donors (Lipinski definition) is 0. The third-order valence-corrected chi connectivity index (χ3v) is 7.41. The van der Waals surface area contributed by atoms with E-state index in [1.54, 1.807) is 0 Å². The van der Waals surface area contributed by atoms with Gasteiger partial charge in [0, 0.05) is 13.2 Å². The SMILES string of the molecule is CCCCCCCCCCCCCCOCC(COC(C)C)OCCCCCCCCCCCCCC. The van der Waals surface area contributed by atoms with Crippen molar-refractivity contribution in [2.75, 3.05) is 26.4 Å². The highest BCUT2D eigenvalue weighted by molar-refractivity contribution is 4.58. The second kappa shape index (κ2) is 32.1. The van der Waals surface area contributed by atoms with Crippen molar-refractivity contribution < 1.29 is 14.2 Å². The van der Waals surface area contributed by atoms with Gasteiger partial charge in [-0.1, -0.05) is 155 Å². The van der Waals surface area contributed by atoms with E-state index in [9.17, 15) is 0 Å². The van der Waals surface area contributed by atoms with E-state index >= 15 is 0 Å². The maximum atomic E-state index is 6.15. The fraction of sp³-hybridized carbons (Fsp3) is 1.00. The van der Waals surface area contributed by atoms with Crippen LogP contribution in [0.5, 0.6) is 0 Å². The van der Waals surface area contributed by atoms with E-state index in [1.807, 2.05) is 0 Å². The lowest BCUT2D eigenvalue weighted by molar-refractivity contribution is -0.0725. The van der Waals surface area contributed by atoms with E-state index in [0.717, 1.165) is 19.6 Å². The van der Waals surface area contributed by atoms with Crippen LogP contribution in [0.25, 0.3) is 0 Å². The number of hydrogen-bond acceptors (Lipinski definition) is 3. The molecule has 37 heavy (non-hydrogen) atoms. The zero-order chi connectivity index (χ0) is 27.1. The van der Waals surface area contributed by atoms with Crippen molar-refractivity contribution in [1.29, 1.82) is 0 Å². The molecule has 0 amide bonds. The lowest BCUT2D eigenvalue weighted by Crippen LogP contribution is -2.28. The van der Waals surface area contributed by atoms with Gasteiger partial charge in [-0.2, -0.15) is 0 Å². The molecule has 224 valence electrons. The molecular formula is C34H70O3. The van der Waals surface area contributed by atoms with Crippen molar-refractivity contribution >= 4 is 0 Å². The summed E-state index contributed by atoms with van der Waals surface area (Å²) in [4.78, 5) is 0. The minimum absolute atomic E-state index is 0.0763. The Morgan fingerprint density at radius 1 is 0.378 bits per heavy atom. The summed E-state index contributed by atoms with van der Waals surface area (Å²) < 4.78 is 18.0. The van der Waals surface area contributed by atoms with Crippen LogP contribution in [0.2, 0.25) is 0 Å². The Bertz CT molecular complexity index is 399. The van der Waals surface area contributed by atoms with Gasteiger partial charge in [0.15, 0.2) is 0 Å². The second-order valence-corrected chi connectivity index (χ2v) is 11.7. The van der Waals surface area contributed by atoms with E-state index in [2.05, 4.69) is 27.7 Å². The van der Waals surface area contributed by atoms with Crippen LogP contribution >= 0.6 is 0 Å². The number of unbranched alkanes of at least 4 members (excludes halogenated alkanes) is 22. The molecule has 1 unspecified atom stereocenters. The lowest BCUT2D eigenvalue weighted by Gasteiger charge is -2.19. The molecule has 0 saturated carbocycles. The molecule has 0 aliphatic carbocycles. The topological polar surface area (TPSA) is 27.7 Å². The molecule has 3 heteroatoms. The van der Waals surface area contributed by atoms with E-state index in [1.165, 1.54) is 148 Å². The minimum Gasteiger partial charge on any atom is -0.379 e. The van der Waals surface area contributed by atoms with E-state index < -0.39 is 0 Å². The van der Waals surface area contributed by atoms with Crippen LogP contribution in [0.4, 0.5) is 0 Å². The fourth-order valence-electron chi connectivity index (χ4n) is 4.90. The molecule has 0 rings (SSSR count). The van der Waals surface area contributed by atoms with E-state index in [-0.39, 0.29) is 12.2 Å². The summed E-state index contributed by atoms with van der Waals surface area (Å²) in [6.07, 6.45) is 33.4. The maximum Gasteiger partial charge on any atom is 0.104 e. The molecule has 0 aromatic heterocycles. The molecule has 0 spiro atoms. The fourth-order valence-corrected chi connectivity index (χ4v) is 4.90. The van der Waals surface area contributed by atoms with Crippen LogP contribution < -0.4 is 0 Å². The van der Waals surface area contributed by atoms with Gasteiger partial charge < -0.3 is 14.2 Å². The van der Waals surface area contributed by atoms with Crippen LogP contribution in [-0.2, 0) is 14.2 Å². The Morgan fingerprint density at radius 3 is 1.11 bits per heavy atom. The first-order valence-electron chi connectivity index (χ1n) is 17.0. The number of rotatable bonds is 32.